The highest BCUT2D eigenvalue weighted by Crippen LogP contribution is 2.21. The van der Waals surface area contributed by atoms with Gasteiger partial charge < -0.3 is 10.1 Å². The molecule has 2 aromatic heterocycles. The summed E-state index contributed by atoms with van der Waals surface area (Å²) in [5.41, 5.74) is 2.39. The van der Waals surface area contributed by atoms with Gasteiger partial charge in [0, 0.05) is 24.1 Å². The van der Waals surface area contributed by atoms with Crippen molar-refractivity contribution in [1.29, 1.82) is 0 Å². The normalized spacial score (nSPS) is 10.6. The Morgan fingerprint density at radius 3 is 2.81 bits per heavy atom. The van der Waals surface area contributed by atoms with Crippen LogP contribution in [0.5, 0.6) is 11.6 Å². The molecule has 0 aliphatic heterocycles. The highest BCUT2D eigenvalue weighted by molar-refractivity contribution is 5.92. The molecule has 0 aliphatic carbocycles. The van der Waals surface area contributed by atoms with E-state index >= 15 is 0 Å². The minimum Gasteiger partial charge on any atom is -0.438 e. The molecule has 26 heavy (non-hydrogen) atoms. The van der Waals surface area contributed by atoms with Crippen LogP contribution in [-0.2, 0) is 11.2 Å². The molecule has 0 spiro atoms. The van der Waals surface area contributed by atoms with Gasteiger partial charge in [0.15, 0.2) is 5.65 Å². The summed E-state index contributed by atoms with van der Waals surface area (Å²) in [7, 11) is 0. The van der Waals surface area contributed by atoms with Crippen LogP contribution in [0.25, 0.3) is 5.65 Å². The molecule has 2 aromatic carbocycles. The first-order chi connectivity index (χ1) is 12.8. The topological polar surface area (TPSA) is 68.5 Å². The van der Waals surface area contributed by atoms with Crippen LogP contribution in [0.3, 0.4) is 0 Å². The molecule has 0 fully saturated rings. The maximum Gasteiger partial charge on any atom is 0.237 e. The third kappa shape index (κ3) is 3.70. The first kappa shape index (κ1) is 15.8. The largest absolute Gasteiger partial charge is 0.438 e. The van der Waals surface area contributed by atoms with E-state index < -0.39 is 0 Å². The van der Waals surface area contributed by atoms with Gasteiger partial charge in [0.05, 0.1) is 6.42 Å². The van der Waals surface area contributed by atoms with E-state index in [0.717, 1.165) is 16.9 Å². The number of nitrogens with zero attached hydrogens (tertiary/aromatic N) is 3. The number of aromatic nitrogens is 3. The van der Waals surface area contributed by atoms with Crippen LogP contribution < -0.4 is 10.1 Å². The lowest BCUT2D eigenvalue weighted by molar-refractivity contribution is -0.115. The quantitative estimate of drug-likeness (QED) is 0.599. The fourth-order valence-corrected chi connectivity index (χ4v) is 2.60. The van der Waals surface area contributed by atoms with E-state index in [1.165, 1.54) is 0 Å². The maximum absolute atomic E-state index is 12.2. The van der Waals surface area contributed by atoms with Gasteiger partial charge in [-0.25, -0.2) is 9.50 Å². The molecule has 1 amide bonds. The summed E-state index contributed by atoms with van der Waals surface area (Å²) < 4.78 is 7.45. The molecule has 0 atom stereocenters. The summed E-state index contributed by atoms with van der Waals surface area (Å²) in [6.45, 7) is 0. The smallest absolute Gasteiger partial charge is 0.237 e. The van der Waals surface area contributed by atoms with Gasteiger partial charge in [0.2, 0.25) is 11.8 Å². The molecule has 0 aliphatic rings. The molecule has 6 heteroatoms. The molecule has 0 radical (unpaired) electrons. The van der Waals surface area contributed by atoms with Crippen molar-refractivity contribution in [3.8, 4) is 11.6 Å². The molecule has 128 valence electrons. The van der Waals surface area contributed by atoms with E-state index in [9.17, 15) is 4.79 Å². The maximum atomic E-state index is 12.2. The minimum atomic E-state index is -0.0775. The number of rotatable bonds is 5. The van der Waals surface area contributed by atoms with E-state index in [2.05, 4.69) is 15.4 Å². The van der Waals surface area contributed by atoms with Crippen LogP contribution >= 0.6 is 0 Å². The Balaban J connectivity index is 1.45. The lowest BCUT2D eigenvalue weighted by Crippen LogP contribution is -2.14. The van der Waals surface area contributed by atoms with Crippen molar-refractivity contribution >= 4 is 17.2 Å². The number of carbonyl (C=O) groups excluding carboxylic acids is 1. The van der Waals surface area contributed by atoms with Gasteiger partial charge in [0.1, 0.15) is 5.75 Å². The van der Waals surface area contributed by atoms with Crippen LogP contribution in [0.1, 0.15) is 5.56 Å². The average molecular weight is 344 g/mol. The van der Waals surface area contributed by atoms with Gasteiger partial charge in [-0.05, 0) is 35.9 Å². The Morgan fingerprint density at radius 1 is 1.04 bits per heavy atom. The third-order valence-electron chi connectivity index (χ3n) is 3.77. The van der Waals surface area contributed by atoms with Crippen LogP contribution in [-0.4, -0.2) is 20.5 Å². The van der Waals surface area contributed by atoms with Gasteiger partial charge in [-0.2, -0.15) is 0 Å². The number of ether oxygens (including phenoxy) is 1. The molecule has 1 N–H and O–H groups in total. The molecule has 2 heterocycles. The number of benzene rings is 2. The van der Waals surface area contributed by atoms with E-state index in [1.807, 2.05) is 60.7 Å². The SMILES string of the molecule is O=C(Cc1cccc(Oc2ccc3nccn3n2)c1)Nc1ccccc1. The van der Waals surface area contributed by atoms with Gasteiger partial charge in [-0.15, -0.1) is 5.10 Å². The summed E-state index contributed by atoms with van der Waals surface area (Å²) in [5, 5.41) is 7.20. The van der Waals surface area contributed by atoms with E-state index in [-0.39, 0.29) is 12.3 Å². The Morgan fingerprint density at radius 2 is 1.92 bits per heavy atom. The second kappa shape index (κ2) is 7.06. The zero-order valence-corrected chi connectivity index (χ0v) is 13.9. The lowest BCUT2D eigenvalue weighted by atomic mass is 10.1. The number of amides is 1. The number of hydrogen-bond donors (Lipinski definition) is 1. The number of para-hydroxylation sites is 1. The summed E-state index contributed by atoms with van der Waals surface area (Å²) in [4.78, 5) is 16.3. The molecular formula is C20H16N4O2. The summed E-state index contributed by atoms with van der Waals surface area (Å²) >= 11 is 0. The zero-order valence-electron chi connectivity index (χ0n) is 13.9. The molecule has 0 saturated carbocycles. The highest BCUT2D eigenvalue weighted by Gasteiger charge is 2.07. The molecular weight excluding hydrogens is 328 g/mol. The Kier molecular flexibility index (Phi) is 4.30. The molecule has 0 unspecified atom stereocenters. The number of anilines is 1. The molecule has 4 aromatic rings. The fraction of sp³-hybridized carbons (Fsp3) is 0.0500. The van der Waals surface area contributed by atoms with E-state index in [0.29, 0.717) is 11.6 Å². The number of carbonyl (C=O) groups is 1. The monoisotopic (exact) mass is 344 g/mol. The molecule has 0 saturated heterocycles. The van der Waals surface area contributed by atoms with Crippen molar-refractivity contribution in [2.75, 3.05) is 5.32 Å². The number of imidazole rings is 1. The number of nitrogens with one attached hydrogen (secondary N) is 1. The summed E-state index contributed by atoms with van der Waals surface area (Å²) in [5.74, 6) is 1.01. The van der Waals surface area contributed by atoms with Gasteiger partial charge in [0.25, 0.3) is 0 Å². The van der Waals surface area contributed by atoms with Gasteiger partial charge in [-0.1, -0.05) is 30.3 Å². The van der Waals surface area contributed by atoms with Crippen LogP contribution in [0.15, 0.2) is 79.1 Å². The fourth-order valence-electron chi connectivity index (χ4n) is 2.60. The molecule has 6 nitrogen and oxygen atoms in total. The predicted molar refractivity (Wildman–Crippen MR) is 98.3 cm³/mol. The van der Waals surface area contributed by atoms with Gasteiger partial charge in [-0.3, -0.25) is 4.79 Å². The standard InChI is InChI=1S/C20H16N4O2/c25-19(22-16-6-2-1-3-7-16)14-15-5-4-8-17(13-15)26-20-10-9-18-21-11-12-24(18)23-20/h1-13H,14H2,(H,22,25). The molecule has 4 rings (SSSR count). The van der Waals surface area contributed by atoms with Gasteiger partial charge >= 0.3 is 0 Å². The van der Waals surface area contributed by atoms with E-state index in [4.69, 9.17) is 4.74 Å². The first-order valence-corrected chi connectivity index (χ1v) is 8.18. The van der Waals surface area contributed by atoms with Crippen molar-refractivity contribution in [2.45, 2.75) is 6.42 Å². The highest BCUT2D eigenvalue weighted by atomic mass is 16.5. The van der Waals surface area contributed by atoms with Crippen molar-refractivity contribution in [2.24, 2.45) is 0 Å². The third-order valence-corrected chi connectivity index (χ3v) is 3.77. The van der Waals surface area contributed by atoms with Crippen LogP contribution in [0, 0.1) is 0 Å². The Labute approximate surface area is 150 Å². The lowest BCUT2D eigenvalue weighted by Gasteiger charge is -2.08. The average Bonchev–Trinajstić information content (AvgIpc) is 3.10. The van der Waals surface area contributed by atoms with Crippen molar-refractivity contribution in [3.63, 3.8) is 0 Å². The first-order valence-electron chi connectivity index (χ1n) is 8.18. The second-order valence-electron chi connectivity index (χ2n) is 5.74. The van der Waals surface area contributed by atoms with Crippen LogP contribution in [0.2, 0.25) is 0 Å². The Bertz CT molecular complexity index is 1040. The zero-order chi connectivity index (χ0) is 17.8. The minimum absolute atomic E-state index is 0.0775. The summed E-state index contributed by atoms with van der Waals surface area (Å²) in [6, 6.07) is 20.4. The number of fused-ring (bicyclic) bond motifs is 1. The Hall–Kier alpha value is -3.67. The predicted octanol–water partition coefficient (Wildman–Crippen LogP) is 3.70. The van der Waals surface area contributed by atoms with E-state index in [1.54, 1.807) is 23.0 Å². The second-order valence-corrected chi connectivity index (χ2v) is 5.74. The summed E-state index contributed by atoms with van der Waals surface area (Å²) in [6.07, 6.45) is 3.70. The van der Waals surface area contributed by atoms with Crippen molar-refractivity contribution in [3.05, 3.63) is 84.7 Å². The van der Waals surface area contributed by atoms with Crippen molar-refractivity contribution < 1.29 is 9.53 Å². The van der Waals surface area contributed by atoms with Crippen molar-refractivity contribution in [1.82, 2.24) is 14.6 Å². The van der Waals surface area contributed by atoms with Crippen LogP contribution in [0.4, 0.5) is 5.69 Å². The number of hydrogen-bond acceptors (Lipinski definition) is 4. The molecule has 0 bridgehead atoms.